The summed E-state index contributed by atoms with van der Waals surface area (Å²) in [5.74, 6) is 1.15. The van der Waals surface area contributed by atoms with E-state index in [1.165, 1.54) is 11.1 Å². The summed E-state index contributed by atoms with van der Waals surface area (Å²) in [5, 5.41) is 9.50. The van der Waals surface area contributed by atoms with Gasteiger partial charge in [0.2, 0.25) is 5.91 Å². The first-order chi connectivity index (χ1) is 11.8. The van der Waals surface area contributed by atoms with E-state index < -0.39 is 5.41 Å². The Bertz CT molecular complexity index is 570. The standard InChI is InChI=1S/C20H34N4O.HI/c1-7-21-18(25)20(5,6)14-24-19(22-8-2)23-13-16(4)17-11-9-15(3)10-12-17;/h9-12,16H,7-8,13-14H2,1-6H3,(H,21,25)(H2,22,23,24);1H. The smallest absolute Gasteiger partial charge is 0.227 e. The second kappa shape index (κ2) is 12.1. The van der Waals surface area contributed by atoms with Gasteiger partial charge in [0.1, 0.15) is 0 Å². The second-order valence-corrected chi connectivity index (χ2v) is 7.13. The maximum atomic E-state index is 12.1. The maximum absolute atomic E-state index is 12.1. The molecule has 0 radical (unpaired) electrons. The fourth-order valence-corrected chi connectivity index (χ4v) is 2.35. The number of guanidine groups is 1. The molecule has 0 aromatic heterocycles. The Morgan fingerprint density at radius 2 is 1.65 bits per heavy atom. The first kappa shape index (κ1) is 24.7. The van der Waals surface area contributed by atoms with Crippen molar-refractivity contribution in [1.29, 1.82) is 0 Å². The normalized spacial score (nSPS) is 12.8. The summed E-state index contributed by atoms with van der Waals surface area (Å²) in [4.78, 5) is 16.7. The molecule has 0 bridgehead atoms. The minimum atomic E-state index is -0.527. The van der Waals surface area contributed by atoms with Crippen molar-refractivity contribution in [1.82, 2.24) is 16.0 Å². The Kier molecular flexibility index (Phi) is 11.5. The van der Waals surface area contributed by atoms with Gasteiger partial charge >= 0.3 is 0 Å². The number of halogens is 1. The molecule has 1 amide bonds. The fraction of sp³-hybridized carbons (Fsp3) is 0.600. The van der Waals surface area contributed by atoms with Crippen LogP contribution in [0.25, 0.3) is 0 Å². The number of nitrogens with one attached hydrogen (secondary N) is 3. The van der Waals surface area contributed by atoms with Crippen LogP contribution in [0.2, 0.25) is 0 Å². The molecular weight excluding hydrogens is 439 g/mol. The lowest BCUT2D eigenvalue weighted by Gasteiger charge is -2.22. The molecule has 0 spiro atoms. The molecule has 148 valence electrons. The topological polar surface area (TPSA) is 65.5 Å². The quantitative estimate of drug-likeness (QED) is 0.307. The van der Waals surface area contributed by atoms with Crippen LogP contribution in [0.15, 0.2) is 29.3 Å². The van der Waals surface area contributed by atoms with Gasteiger partial charge in [0, 0.05) is 19.6 Å². The summed E-state index contributed by atoms with van der Waals surface area (Å²) < 4.78 is 0. The predicted molar refractivity (Wildman–Crippen MR) is 121 cm³/mol. The predicted octanol–water partition coefficient (Wildman–Crippen LogP) is 3.43. The van der Waals surface area contributed by atoms with Gasteiger partial charge in [0.05, 0.1) is 12.0 Å². The van der Waals surface area contributed by atoms with Crippen LogP contribution in [0, 0.1) is 12.3 Å². The van der Waals surface area contributed by atoms with Gasteiger partial charge in [-0.2, -0.15) is 0 Å². The van der Waals surface area contributed by atoms with Crippen molar-refractivity contribution in [2.45, 2.75) is 47.5 Å². The van der Waals surface area contributed by atoms with E-state index in [1.54, 1.807) is 0 Å². The van der Waals surface area contributed by atoms with Crippen molar-refractivity contribution in [3.8, 4) is 0 Å². The Morgan fingerprint density at radius 1 is 1.08 bits per heavy atom. The molecule has 6 heteroatoms. The number of carbonyl (C=O) groups excluding carboxylic acids is 1. The van der Waals surface area contributed by atoms with Crippen molar-refractivity contribution in [3.63, 3.8) is 0 Å². The molecule has 26 heavy (non-hydrogen) atoms. The lowest BCUT2D eigenvalue weighted by molar-refractivity contribution is -0.128. The zero-order valence-electron chi connectivity index (χ0n) is 17.0. The van der Waals surface area contributed by atoms with E-state index in [4.69, 9.17) is 0 Å². The van der Waals surface area contributed by atoms with Gasteiger partial charge < -0.3 is 16.0 Å². The minimum absolute atomic E-state index is 0. The maximum Gasteiger partial charge on any atom is 0.227 e. The van der Waals surface area contributed by atoms with Crippen LogP contribution in [0.3, 0.4) is 0 Å². The van der Waals surface area contributed by atoms with E-state index in [1.807, 2.05) is 27.7 Å². The van der Waals surface area contributed by atoms with Gasteiger partial charge in [-0.15, -0.1) is 24.0 Å². The third kappa shape index (κ3) is 8.38. The number of carbonyl (C=O) groups is 1. The van der Waals surface area contributed by atoms with E-state index in [2.05, 4.69) is 59.1 Å². The van der Waals surface area contributed by atoms with E-state index >= 15 is 0 Å². The highest BCUT2D eigenvalue weighted by atomic mass is 127. The number of rotatable bonds is 8. The highest BCUT2D eigenvalue weighted by Crippen LogP contribution is 2.16. The highest BCUT2D eigenvalue weighted by molar-refractivity contribution is 14.0. The lowest BCUT2D eigenvalue weighted by Crippen LogP contribution is -2.42. The first-order valence-corrected chi connectivity index (χ1v) is 9.17. The molecule has 1 unspecified atom stereocenters. The third-order valence-corrected chi connectivity index (χ3v) is 4.15. The molecule has 1 atom stereocenters. The molecule has 0 aliphatic rings. The van der Waals surface area contributed by atoms with Crippen molar-refractivity contribution in [2.75, 3.05) is 26.2 Å². The zero-order chi connectivity index (χ0) is 18.9. The van der Waals surface area contributed by atoms with Crippen LogP contribution < -0.4 is 16.0 Å². The van der Waals surface area contributed by atoms with Crippen molar-refractivity contribution in [3.05, 3.63) is 35.4 Å². The zero-order valence-corrected chi connectivity index (χ0v) is 19.3. The van der Waals surface area contributed by atoms with E-state index in [0.717, 1.165) is 19.0 Å². The molecule has 1 rings (SSSR count). The van der Waals surface area contributed by atoms with Crippen LogP contribution in [-0.2, 0) is 4.79 Å². The van der Waals surface area contributed by atoms with Gasteiger partial charge in [-0.3, -0.25) is 9.79 Å². The van der Waals surface area contributed by atoms with E-state index in [0.29, 0.717) is 19.0 Å². The summed E-state index contributed by atoms with van der Waals surface area (Å²) in [6.45, 7) is 14.7. The Balaban J connectivity index is 0.00000625. The molecule has 1 aromatic rings. The van der Waals surface area contributed by atoms with Crippen LogP contribution >= 0.6 is 24.0 Å². The van der Waals surface area contributed by atoms with E-state index in [9.17, 15) is 4.79 Å². The molecule has 0 saturated carbocycles. The number of benzene rings is 1. The summed E-state index contributed by atoms with van der Waals surface area (Å²) >= 11 is 0. The molecule has 0 fully saturated rings. The molecule has 1 aromatic carbocycles. The third-order valence-electron chi connectivity index (χ3n) is 4.15. The molecule has 0 heterocycles. The largest absolute Gasteiger partial charge is 0.357 e. The van der Waals surface area contributed by atoms with Crippen LogP contribution in [0.4, 0.5) is 0 Å². The Labute approximate surface area is 175 Å². The summed E-state index contributed by atoms with van der Waals surface area (Å²) in [6, 6.07) is 8.62. The van der Waals surface area contributed by atoms with Crippen LogP contribution in [0.1, 0.15) is 51.7 Å². The summed E-state index contributed by atoms with van der Waals surface area (Å²) in [6.07, 6.45) is 0. The van der Waals surface area contributed by atoms with Crippen molar-refractivity contribution >= 4 is 35.8 Å². The molecular formula is C20H35IN4O. The number of nitrogens with zero attached hydrogens (tertiary/aromatic N) is 1. The monoisotopic (exact) mass is 474 g/mol. The van der Waals surface area contributed by atoms with Gasteiger partial charge in [-0.1, -0.05) is 36.8 Å². The summed E-state index contributed by atoms with van der Waals surface area (Å²) in [5.41, 5.74) is 2.05. The number of amides is 1. The van der Waals surface area contributed by atoms with Gasteiger partial charge in [0.15, 0.2) is 5.96 Å². The highest BCUT2D eigenvalue weighted by Gasteiger charge is 2.26. The SMILES string of the molecule is CCNC(=O)C(C)(C)CN=C(NCC)NCC(C)c1ccc(C)cc1.I. The van der Waals surface area contributed by atoms with Gasteiger partial charge in [-0.05, 0) is 46.1 Å². The van der Waals surface area contributed by atoms with Crippen molar-refractivity contribution in [2.24, 2.45) is 10.4 Å². The molecule has 5 nitrogen and oxygen atoms in total. The number of aryl methyl sites for hydroxylation is 1. The Hall–Kier alpha value is -1.31. The minimum Gasteiger partial charge on any atom is -0.357 e. The molecule has 0 aliphatic carbocycles. The number of hydrogen-bond acceptors (Lipinski definition) is 2. The fourth-order valence-electron chi connectivity index (χ4n) is 2.35. The molecule has 0 aliphatic heterocycles. The Morgan fingerprint density at radius 3 is 2.19 bits per heavy atom. The molecule has 0 saturated heterocycles. The van der Waals surface area contributed by atoms with E-state index in [-0.39, 0.29) is 29.9 Å². The van der Waals surface area contributed by atoms with Gasteiger partial charge in [0.25, 0.3) is 0 Å². The first-order valence-electron chi connectivity index (χ1n) is 9.17. The van der Waals surface area contributed by atoms with Gasteiger partial charge in [-0.25, -0.2) is 0 Å². The average Bonchev–Trinajstić information content (AvgIpc) is 2.58. The lowest BCUT2D eigenvalue weighted by atomic mass is 9.92. The van der Waals surface area contributed by atoms with Crippen LogP contribution in [-0.4, -0.2) is 38.0 Å². The number of hydrogen-bond donors (Lipinski definition) is 3. The summed E-state index contributed by atoms with van der Waals surface area (Å²) in [7, 11) is 0. The van der Waals surface area contributed by atoms with Crippen LogP contribution in [0.5, 0.6) is 0 Å². The molecule has 3 N–H and O–H groups in total. The second-order valence-electron chi connectivity index (χ2n) is 7.13. The van der Waals surface area contributed by atoms with Crippen molar-refractivity contribution < 1.29 is 4.79 Å². The average molecular weight is 474 g/mol. The number of aliphatic imine (C=N–C) groups is 1.